The van der Waals surface area contributed by atoms with E-state index in [9.17, 15) is 13.2 Å². The molecule has 0 spiro atoms. The number of hydrogen-bond donors (Lipinski definition) is 1. The van der Waals surface area contributed by atoms with Crippen molar-refractivity contribution in [2.75, 3.05) is 0 Å². The Morgan fingerprint density at radius 2 is 2.06 bits per heavy atom. The predicted octanol–water partition coefficient (Wildman–Crippen LogP) is 2.23. The highest BCUT2D eigenvalue weighted by molar-refractivity contribution is 8.13. The van der Waals surface area contributed by atoms with Crippen LogP contribution in [0.25, 0.3) is 0 Å². The van der Waals surface area contributed by atoms with E-state index in [0.717, 1.165) is 0 Å². The van der Waals surface area contributed by atoms with Crippen LogP contribution >= 0.6 is 10.7 Å². The van der Waals surface area contributed by atoms with Crippen LogP contribution < -0.4 is 5.32 Å². The summed E-state index contributed by atoms with van der Waals surface area (Å²) in [4.78, 5) is 11.8. The molecule has 0 aliphatic rings. The molecule has 1 rings (SSSR count). The average Bonchev–Trinajstić information content (AvgIpc) is 2.26. The number of aryl methyl sites for hydroxylation is 1. The van der Waals surface area contributed by atoms with Crippen molar-refractivity contribution in [2.45, 2.75) is 24.8 Å². The molecule has 0 aliphatic heterocycles. The van der Waals surface area contributed by atoms with Crippen LogP contribution in [0.5, 0.6) is 0 Å². The summed E-state index contributed by atoms with van der Waals surface area (Å²) in [5, 5.41) is 2.66. The van der Waals surface area contributed by atoms with E-state index in [1.807, 2.05) is 0 Å². The van der Waals surface area contributed by atoms with Gasteiger partial charge in [0.05, 0.1) is 4.90 Å². The zero-order chi connectivity index (χ0) is 13.9. The Morgan fingerprint density at radius 1 is 1.44 bits per heavy atom. The third kappa shape index (κ3) is 3.85. The Balaban J connectivity index is 3.15. The molecule has 0 fully saturated rings. The second kappa shape index (κ2) is 5.54. The van der Waals surface area contributed by atoms with Crippen molar-refractivity contribution in [2.24, 2.45) is 0 Å². The number of carbonyl (C=O) groups excluding carboxylic acids is 1. The largest absolute Gasteiger partial charge is 0.346 e. The van der Waals surface area contributed by atoms with Crippen LogP contribution in [0.15, 0.2) is 35.7 Å². The summed E-state index contributed by atoms with van der Waals surface area (Å²) < 4.78 is 22.5. The number of amides is 1. The Kier molecular flexibility index (Phi) is 4.53. The fourth-order valence-corrected chi connectivity index (χ4v) is 2.23. The van der Waals surface area contributed by atoms with Crippen molar-refractivity contribution in [1.29, 1.82) is 0 Å². The van der Waals surface area contributed by atoms with Gasteiger partial charge in [0.1, 0.15) is 0 Å². The molecule has 0 aromatic heterocycles. The van der Waals surface area contributed by atoms with Crippen molar-refractivity contribution in [3.05, 3.63) is 42.0 Å². The highest BCUT2D eigenvalue weighted by Crippen LogP contribution is 2.18. The minimum absolute atomic E-state index is 0.0828. The van der Waals surface area contributed by atoms with E-state index in [1.54, 1.807) is 26.0 Å². The number of benzene rings is 1. The van der Waals surface area contributed by atoms with Gasteiger partial charge < -0.3 is 5.32 Å². The maximum Gasteiger partial charge on any atom is 0.261 e. The SMILES string of the molecule is C=CC(C)NC(=O)c1cc(C)cc(S(=O)(=O)Cl)c1. The Hall–Kier alpha value is -1.33. The number of carbonyl (C=O) groups is 1. The van der Waals surface area contributed by atoms with Gasteiger partial charge in [-0.2, -0.15) is 0 Å². The van der Waals surface area contributed by atoms with Gasteiger partial charge in [-0.25, -0.2) is 8.42 Å². The van der Waals surface area contributed by atoms with Crippen molar-refractivity contribution in [3.8, 4) is 0 Å². The Morgan fingerprint density at radius 3 is 2.56 bits per heavy atom. The standard InChI is InChI=1S/C12H14ClNO3S/c1-4-9(3)14-12(15)10-5-8(2)6-11(7-10)18(13,16)17/h4-7,9H,1H2,2-3H3,(H,14,15). The van der Waals surface area contributed by atoms with E-state index in [0.29, 0.717) is 5.56 Å². The maximum absolute atomic E-state index is 11.8. The Labute approximate surface area is 111 Å². The minimum Gasteiger partial charge on any atom is -0.346 e. The van der Waals surface area contributed by atoms with E-state index in [-0.39, 0.29) is 22.4 Å². The van der Waals surface area contributed by atoms with Crippen LogP contribution in [-0.2, 0) is 9.05 Å². The molecular formula is C12H14ClNO3S. The van der Waals surface area contributed by atoms with Gasteiger partial charge in [-0.1, -0.05) is 6.08 Å². The lowest BCUT2D eigenvalue weighted by atomic mass is 10.1. The molecule has 6 heteroatoms. The molecule has 1 aromatic carbocycles. The molecule has 1 aromatic rings. The summed E-state index contributed by atoms with van der Waals surface area (Å²) >= 11 is 0. The smallest absolute Gasteiger partial charge is 0.261 e. The monoisotopic (exact) mass is 287 g/mol. The van der Waals surface area contributed by atoms with Crippen LogP contribution in [0.4, 0.5) is 0 Å². The van der Waals surface area contributed by atoms with Crippen LogP contribution in [0.2, 0.25) is 0 Å². The molecular weight excluding hydrogens is 274 g/mol. The zero-order valence-corrected chi connectivity index (χ0v) is 11.7. The predicted molar refractivity (Wildman–Crippen MR) is 71.3 cm³/mol. The second-order valence-corrected chi connectivity index (χ2v) is 6.54. The first-order chi connectivity index (χ1) is 8.24. The lowest BCUT2D eigenvalue weighted by Gasteiger charge is -2.10. The Bertz CT molecular complexity index is 581. The fourth-order valence-electron chi connectivity index (χ4n) is 1.37. The molecule has 0 bridgehead atoms. The highest BCUT2D eigenvalue weighted by atomic mass is 35.7. The highest BCUT2D eigenvalue weighted by Gasteiger charge is 2.15. The lowest BCUT2D eigenvalue weighted by molar-refractivity contribution is 0.0946. The molecule has 1 N–H and O–H groups in total. The first-order valence-corrected chi connectivity index (χ1v) is 7.54. The summed E-state index contributed by atoms with van der Waals surface area (Å²) in [6, 6.07) is 4.06. The quantitative estimate of drug-likeness (QED) is 0.682. The lowest BCUT2D eigenvalue weighted by Crippen LogP contribution is -2.30. The van der Waals surface area contributed by atoms with Gasteiger partial charge in [0.2, 0.25) is 0 Å². The molecule has 1 atom stereocenters. The number of nitrogens with one attached hydrogen (secondary N) is 1. The van der Waals surface area contributed by atoms with Gasteiger partial charge >= 0.3 is 0 Å². The first kappa shape index (κ1) is 14.7. The van der Waals surface area contributed by atoms with Crippen LogP contribution in [0.3, 0.4) is 0 Å². The summed E-state index contributed by atoms with van der Waals surface area (Å²) in [6.07, 6.45) is 1.58. The van der Waals surface area contributed by atoms with Crippen LogP contribution in [0.1, 0.15) is 22.8 Å². The molecule has 0 heterocycles. The second-order valence-electron chi connectivity index (χ2n) is 3.97. The molecule has 0 saturated carbocycles. The van der Waals surface area contributed by atoms with Gasteiger partial charge in [-0.05, 0) is 37.6 Å². The molecule has 18 heavy (non-hydrogen) atoms. The van der Waals surface area contributed by atoms with Crippen molar-refractivity contribution in [1.82, 2.24) is 5.32 Å². The van der Waals surface area contributed by atoms with E-state index in [4.69, 9.17) is 10.7 Å². The van der Waals surface area contributed by atoms with Gasteiger partial charge in [0.15, 0.2) is 0 Å². The van der Waals surface area contributed by atoms with Gasteiger partial charge in [-0.3, -0.25) is 4.79 Å². The van der Waals surface area contributed by atoms with E-state index in [1.165, 1.54) is 12.1 Å². The zero-order valence-electron chi connectivity index (χ0n) is 10.1. The van der Waals surface area contributed by atoms with Crippen molar-refractivity contribution >= 4 is 25.6 Å². The topological polar surface area (TPSA) is 63.2 Å². The molecule has 1 unspecified atom stereocenters. The molecule has 98 valence electrons. The van der Waals surface area contributed by atoms with E-state index < -0.39 is 9.05 Å². The minimum atomic E-state index is -3.84. The third-order valence-electron chi connectivity index (χ3n) is 2.31. The molecule has 4 nitrogen and oxygen atoms in total. The van der Waals surface area contributed by atoms with E-state index in [2.05, 4.69) is 11.9 Å². The van der Waals surface area contributed by atoms with Gasteiger partial charge in [0, 0.05) is 22.3 Å². The summed E-state index contributed by atoms with van der Waals surface area (Å²) in [7, 11) is 1.42. The third-order valence-corrected chi connectivity index (χ3v) is 3.64. The molecule has 0 saturated heterocycles. The van der Waals surface area contributed by atoms with Gasteiger partial charge in [0.25, 0.3) is 15.0 Å². The first-order valence-electron chi connectivity index (χ1n) is 5.24. The number of rotatable bonds is 4. The van der Waals surface area contributed by atoms with Crippen LogP contribution in [0, 0.1) is 6.92 Å². The summed E-state index contributed by atoms with van der Waals surface area (Å²) in [6.45, 7) is 7.01. The fraction of sp³-hybridized carbons (Fsp3) is 0.250. The van der Waals surface area contributed by atoms with Crippen LogP contribution in [-0.4, -0.2) is 20.4 Å². The summed E-state index contributed by atoms with van der Waals surface area (Å²) in [5.41, 5.74) is 0.899. The number of halogens is 1. The van der Waals surface area contributed by atoms with Gasteiger partial charge in [-0.15, -0.1) is 6.58 Å². The molecule has 1 amide bonds. The maximum atomic E-state index is 11.8. The van der Waals surface area contributed by atoms with Crippen molar-refractivity contribution in [3.63, 3.8) is 0 Å². The number of hydrogen-bond acceptors (Lipinski definition) is 3. The molecule has 0 radical (unpaired) electrons. The average molecular weight is 288 g/mol. The normalized spacial score (nSPS) is 12.8. The summed E-state index contributed by atoms with van der Waals surface area (Å²) in [5.74, 6) is -0.368. The molecule has 0 aliphatic carbocycles. The van der Waals surface area contributed by atoms with Crippen molar-refractivity contribution < 1.29 is 13.2 Å². The van der Waals surface area contributed by atoms with E-state index >= 15 is 0 Å².